The Kier molecular flexibility index (Phi) is 3.69. The lowest BCUT2D eigenvalue weighted by Crippen LogP contribution is -2.37. The average Bonchev–Trinajstić information content (AvgIpc) is 2.76. The monoisotopic (exact) mass is 251 g/mol. The molecular formula is C13H17NO4. The number of carbonyl (C=O) groups is 2. The SMILES string of the molecule is CC1CCN(C(=O)c2ccc(CC(=O)O)o2)CC1. The Morgan fingerprint density at radius 3 is 2.67 bits per heavy atom. The minimum absolute atomic E-state index is 0.140. The van der Waals surface area contributed by atoms with E-state index in [9.17, 15) is 9.59 Å². The Hall–Kier alpha value is -1.78. The molecule has 1 fully saturated rings. The number of likely N-dealkylation sites (tertiary alicyclic amines) is 1. The number of carboxylic acids is 1. The van der Waals surface area contributed by atoms with Crippen LogP contribution in [0.4, 0.5) is 0 Å². The number of aliphatic carboxylic acids is 1. The van der Waals surface area contributed by atoms with Gasteiger partial charge in [-0.05, 0) is 30.9 Å². The summed E-state index contributed by atoms with van der Waals surface area (Å²) in [5, 5.41) is 8.64. The predicted octanol–water partition coefficient (Wildman–Crippen LogP) is 1.78. The number of hydrogen-bond donors (Lipinski definition) is 1. The zero-order valence-corrected chi connectivity index (χ0v) is 10.4. The third kappa shape index (κ3) is 2.91. The zero-order chi connectivity index (χ0) is 13.1. The van der Waals surface area contributed by atoms with E-state index in [1.54, 1.807) is 17.0 Å². The van der Waals surface area contributed by atoms with E-state index in [0.717, 1.165) is 25.9 Å². The predicted molar refractivity (Wildman–Crippen MR) is 64.3 cm³/mol. The zero-order valence-electron chi connectivity index (χ0n) is 10.4. The van der Waals surface area contributed by atoms with Gasteiger partial charge in [0, 0.05) is 13.1 Å². The van der Waals surface area contributed by atoms with Gasteiger partial charge in [0.1, 0.15) is 12.2 Å². The Bertz CT molecular complexity index is 444. The van der Waals surface area contributed by atoms with E-state index in [2.05, 4.69) is 6.92 Å². The third-order valence-electron chi connectivity index (χ3n) is 3.27. The molecule has 98 valence electrons. The van der Waals surface area contributed by atoms with Gasteiger partial charge < -0.3 is 14.4 Å². The second kappa shape index (κ2) is 5.25. The van der Waals surface area contributed by atoms with E-state index in [-0.39, 0.29) is 18.1 Å². The highest BCUT2D eigenvalue weighted by Crippen LogP contribution is 2.19. The number of carbonyl (C=O) groups excluding carboxylic acids is 1. The molecule has 1 aromatic rings. The van der Waals surface area contributed by atoms with Crippen molar-refractivity contribution in [2.75, 3.05) is 13.1 Å². The molecule has 18 heavy (non-hydrogen) atoms. The first-order valence-electron chi connectivity index (χ1n) is 6.16. The topological polar surface area (TPSA) is 70.8 Å². The molecule has 0 saturated carbocycles. The molecule has 1 amide bonds. The van der Waals surface area contributed by atoms with E-state index in [1.165, 1.54) is 0 Å². The summed E-state index contributed by atoms with van der Waals surface area (Å²) in [5.41, 5.74) is 0. The summed E-state index contributed by atoms with van der Waals surface area (Å²) in [6.07, 6.45) is 1.83. The van der Waals surface area contributed by atoms with E-state index >= 15 is 0 Å². The maximum absolute atomic E-state index is 12.1. The highest BCUT2D eigenvalue weighted by Gasteiger charge is 2.23. The Morgan fingerprint density at radius 1 is 1.39 bits per heavy atom. The minimum atomic E-state index is -0.963. The molecule has 0 aromatic carbocycles. The smallest absolute Gasteiger partial charge is 0.311 e. The van der Waals surface area contributed by atoms with Gasteiger partial charge in [0.25, 0.3) is 5.91 Å². The van der Waals surface area contributed by atoms with Crippen molar-refractivity contribution in [3.8, 4) is 0 Å². The number of amides is 1. The molecule has 0 spiro atoms. The van der Waals surface area contributed by atoms with E-state index in [1.807, 2.05) is 0 Å². The molecule has 0 unspecified atom stereocenters. The van der Waals surface area contributed by atoms with Crippen molar-refractivity contribution in [2.45, 2.75) is 26.2 Å². The molecule has 5 nitrogen and oxygen atoms in total. The number of hydrogen-bond acceptors (Lipinski definition) is 3. The lowest BCUT2D eigenvalue weighted by Gasteiger charge is -2.29. The number of piperidine rings is 1. The standard InChI is InChI=1S/C13H17NO4/c1-9-4-6-14(7-5-9)13(17)11-3-2-10(18-11)8-12(15)16/h2-3,9H,4-8H2,1H3,(H,15,16). The second-order valence-electron chi connectivity index (χ2n) is 4.81. The Morgan fingerprint density at radius 2 is 2.06 bits per heavy atom. The van der Waals surface area contributed by atoms with Crippen LogP contribution < -0.4 is 0 Å². The van der Waals surface area contributed by atoms with Crippen LogP contribution in [0, 0.1) is 5.92 Å². The van der Waals surface area contributed by atoms with Crippen molar-refractivity contribution in [2.24, 2.45) is 5.92 Å². The molecule has 1 saturated heterocycles. The van der Waals surface area contributed by atoms with Crippen molar-refractivity contribution in [1.82, 2.24) is 4.90 Å². The first-order chi connectivity index (χ1) is 8.56. The fourth-order valence-electron chi connectivity index (χ4n) is 2.10. The summed E-state index contributed by atoms with van der Waals surface area (Å²) in [5.74, 6) is 0.110. The van der Waals surface area contributed by atoms with Crippen molar-refractivity contribution in [1.29, 1.82) is 0 Å². The number of rotatable bonds is 3. The van der Waals surface area contributed by atoms with Crippen LogP contribution in [0.5, 0.6) is 0 Å². The van der Waals surface area contributed by atoms with Gasteiger partial charge in [0.15, 0.2) is 5.76 Å². The first-order valence-corrected chi connectivity index (χ1v) is 6.16. The van der Waals surface area contributed by atoms with Gasteiger partial charge in [0.2, 0.25) is 0 Å². The van der Waals surface area contributed by atoms with Crippen molar-refractivity contribution in [3.05, 3.63) is 23.7 Å². The summed E-state index contributed by atoms with van der Waals surface area (Å²) in [6.45, 7) is 3.67. The number of carboxylic acid groups (broad SMARTS) is 1. The fourth-order valence-corrected chi connectivity index (χ4v) is 2.10. The normalized spacial score (nSPS) is 16.8. The maximum Gasteiger partial charge on any atom is 0.311 e. The van der Waals surface area contributed by atoms with Crippen molar-refractivity contribution < 1.29 is 19.1 Å². The molecule has 2 heterocycles. The van der Waals surface area contributed by atoms with Crippen LogP contribution in [0.25, 0.3) is 0 Å². The molecule has 1 N–H and O–H groups in total. The van der Waals surface area contributed by atoms with Crippen LogP contribution in [-0.4, -0.2) is 35.0 Å². The van der Waals surface area contributed by atoms with Crippen molar-refractivity contribution >= 4 is 11.9 Å². The van der Waals surface area contributed by atoms with Gasteiger partial charge >= 0.3 is 5.97 Å². The van der Waals surface area contributed by atoms with E-state index in [4.69, 9.17) is 9.52 Å². The van der Waals surface area contributed by atoms with Gasteiger partial charge in [-0.1, -0.05) is 6.92 Å². The molecular weight excluding hydrogens is 234 g/mol. The molecule has 5 heteroatoms. The fraction of sp³-hybridized carbons (Fsp3) is 0.538. The third-order valence-corrected chi connectivity index (χ3v) is 3.27. The average molecular weight is 251 g/mol. The molecule has 0 atom stereocenters. The summed E-state index contributed by atoms with van der Waals surface area (Å²) < 4.78 is 5.26. The van der Waals surface area contributed by atoms with E-state index in [0.29, 0.717) is 11.7 Å². The molecule has 1 aliphatic rings. The molecule has 2 rings (SSSR count). The molecule has 0 bridgehead atoms. The van der Waals surface area contributed by atoms with Crippen LogP contribution in [0.15, 0.2) is 16.5 Å². The highest BCUT2D eigenvalue weighted by molar-refractivity contribution is 5.91. The molecule has 1 aromatic heterocycles. The van der Waals surface area contributed by atoms with Gasteiger partial charge in [-0.2, -0.15) is 0 Å². The van der Waals surface area contributed by atoms with Crippen LogP contribution in [-0.2, 0) is 11.2 Å². The lowest BCUT2D eigenvalue weighted by molar-refractivity contribution is -0.136. The Balaban J connectivity index is 2.00. The van der Waals surface area contributed by atoms with Crippen molar-refractivity contribution in [3.63, 3.8) is 0 Å². The maximum atomic E-state index is 12.1. The van der Waals surface area contributed by atoms with Crippen LogP contribution in [0.2, 0.25) is 0 Å². The minimum Gasteiger partial charge on any atom is -0.481 e. The summed E-state index contributed by atoms with van der Waals surface area (Å²) >= 11 is 0. The van der Waals surface area contributed by atoms with Gasteiger partial charge in [-0.3, -0.25) is 9.59 Å². The van der Waals surface area contributed by atoms with Gasteiger partial charge in [-0.25, -0.2) is 0 Å². The lowest BCUT2D eigenvalue weighted by atomic mass is 9.99. The second-order valence-corrected chi connectivity index (χ2v) is 4.81. The van der Waals surface area contributed by atoms with Crippen LogP contribution >= 0.6 is 0 Å². The van der Waals surface area contributed by atoms with Crippen LogP contribution in [0.1, 0.15) is 36.1 Å². The van der Waals surface area contributed by atoms with Gasteiger partial charge in [0.05, 0.1) is 0 Å². The first kappa shape index (κ1) is 12.7. The molecule has 0 aliphatic carbocycles. The van der Waals surface area contributed by atoms with E-state index < -0.39 is 5.97 Å². The quantitative estimate of drug-likeness (QED) is 0.888. The highest BCUT2D eigenvalue weighted by atomic mass is 16.4. The molecule has 1 aliphatic heterocycles. The summed E-state index contributed by atoms with van der Waals surface area (Å²) in [6, 6.07) is 3.10. The molecule has 0 radical (unpaired) electrons. The summed E-state index contributed by atoms with van der Waals surface area (Å²) in [7, 11) is 0. The summed E-state index contributed by atoms with van der Waals surface area (Å²) in [4.78, 5) is 24.4. The number of nitrogens with zero attached hydrogens (tertiary/aromatic N) is 1. The largest absolute Gasteiger partial charge is 0.481 e. The van der Waals surface area contributed by atoms with Gasteiger partial charge in [-0.15, -0.1) is 0 Å². The number of furan rings is 1. The Labute approximate surface area is 105 Å². The van der Waals surface area contributed by atoms with Crippen LogP contribution in [0.3, 0.4) is 0 Å².